The highest BCUT2D eigenvalue weighted by Crippen LogP contribution is 2.25. The van der Waals surface area contributed by atoms with Gasteiger partial charge in [-0.15, -0.1) is 12.4 Å². The number of halogens is 1. The second kappa shape index (κ2) is 9.20. The molecule has 0 radical (unpaired) electrons. The molecule has 2 amide bonds. The minimum absolute atomic E-state index is 0. The van der Waals surface area contributed by atoms with E-state index in [1.165, 1.54) is 0 Å². The van der Waals surface area contributed by atoms with Crippen molar-refractivity contribution in [3.8, 4) is 0 Å². The number of rotatable bonds is 6. The Kier molecular flexibility index (Phi) is 7.26. The van der Waals surface area contributed by atoms with Crippen molar-refractivity contribution >= 4 is 29.9 Å². The number of anilines is 1. The van der Waals surface area contributed by atoms with Crippen molar-refractivity contribution in [3.05, 3.63) is 29.8 Å². The van der Waals surface area contributed by atoms with E-state index in [1.807, 2.05) is 12.1 Å². The van der Waals surface area contributed by atoms with Crippen LogP contribution in [0.4, 0.5) is 5.69 Å². The standard InChI is InChI=1S/C19H27N3O2.ClH/c1-13(14-8-10-20-11-9-14)12-18(23)22-17-5-3-2-4-16(17)19(24)21-15-6-7-15;/h2-5,13-15,20H,6-12H2,1H3,(H,21,24)(H,22,23);1H. The molecule has 138 valence electrons. The number of piperidine rings is 1. The predicted octanol–water partition coefficient (Wildman–Crippen LogP) is 2.96. The molecule has 1 saturated carbocycles. The van der Waals surface area contributed by atoms with Gasteiger partial charge >= 0.3 is 0 Å². The van der Waals surface area contributed by atoms with Crippen LogP contribution < -0.4 is 16.0 Å². The molecule has 3 rings (SSSR count). The number of para-hydroxylation sites is 1. The Bertz CT molecular complexity index is 598. The minimum atomic E-state index is -0.0974. The third-order valence-corrected chi connectivity index (χ3v) is 5.05. The first-order valence-corrected chi connectivity index (χ1v) is 9.04. The van der Waals surface area contributed by atoms with Crippen LogP contribution in [-0.2, 0) is 4.79 Å². The quantitative estimate of drug-likeness (QED) is 0.725. The van der Waals surface area contributed by atoms with Crippen molar-refractivity contribution in [1.82, 2.24) is 10.6 Å². The normalized spacial score (nSPS) is 18.8. The average Bonchev–Trinajstić information content (AvgIpc) is 3.40. The maximum absolute atomic E-state index is 12.4. The number of carbonyl (C=O) groups excluding carboxylic acids is 2. The van der Waals surface area contributed by atoms with Crippen LogP contribution in [-0.4, -0.2) is 30.9 Å². The molecule has 1 aliphatic heterocycles. The fourth-order valence-corrected chi connectivity index (χ4v) is 3.35. The monoisotopic (exact) mass is 365 g/mol. The molecule has 25 heavy (non-hydrogen) atoms. The smallest absolute Gasteiger partial charge is 0.253 e. The summed E-state index contributed by atoms with van der Waals surface area (Å²) in [4.78, 5) is 24.7. The molecule has 1 saturated heterocycles. The van der Waals surface area contributed by atoms with Crippen molar-refractivity contribution in [3.63, 3.8) is 0 Å². The fourth-order valence-electron chi connectivity index (χ4n) is 3.35. The molecule has 1 heterocycles. The Morgan fingerprint density at radius 3 is 2.52 bits per heavy atom. The van der Waals surface area contributed by atoms with Gasteiger partial charge in [-0.3, -0.25) is 9.59 Å². The fraction of sp³-hybridized carbons (Fsp3) is 0.579. The number of nitrogens with one attached hydrogen (secondary N) is 3. The highest BCUT2D eigenvalue weighted by atomic mass is 35.5. The lowest BCUT2D eigenvalue weighted by atomic mass is 9.84. The van der Waals surface area contributed by atoms with Crippen LogP contribution in [0, 0.1) is 11.8 Å². The number of amides is 2. The summed E-state index contributed by atoms with van der Waals surface area (Å²) >= 11 is 0. The third-order valence-electron chi connectivity index (χ3n) is 5.05. The lowest BCUT2D eigenvalue weighted by Gasteiger charge is -2.28. The molecule has 0 spiro atoms. The van der Waals surface area contributed by atoms with E-state index >= 15 is 0 Å². The Morgan fingerprint density at radius 1 is 1.16 bits per heavy atom. The second-order valence-electron chi connectivity index (χ2n) is 7.11. The number of carbonyl (C=O) groups is 2. The summed E-state index contributed by atoms with van der Waals surface area (Å²) < 4.78 is 0. The van der Waals surface area contributed by atoms with Gasteiger partial charge in [0.05, 0.1) is 11.3 Å². The van der Waals surface area contributed by atoms with Gasteiger partial charge in [-0.2, -0.15) is 0 Å². The summed E-state index contributed by atoms with van der Waals surface area (Å²) in [6.45, 7) is 4.24. The van der Waals surface area contributed by atoms with Gasteiger partial charge in [0.1, 0.15) is 0 Å². The third kappa shape index (κ3) is 5.72. The summed E-state index contributed by atoms with van der Waals surface area (Å²) in [5.41, 5.74) is 1.16. The van der Waals surface area contributed by atoms with Gasteiger partial charge in [0.15, 0.2) is 0 Å². The van der Waals surface area contributed by atoms with Gasteiger partial charge in [-0.1, -0.05) is 19.1 Å². The lowest BCUT2D eigenvalue weighted by Crippen LogP contribution is -2.32. The Morgan fingerprint density at radius 2 is 1.84 bits per heavy atom. The van der Waals surface area contributed by atoms with E-state index in [-0.39, 0.29) is 24.2 Å². The van der Waals surface area contributed by atoms with E-state index in [2.05, 4.69) is 22.9 Å². The summed E-state index contributed by atoms with van der Waals surface area (Å²) in [6.07, 6.45) is 4.87. The molecule has 6 heteroatoms. The largest absolute Gasteiger partial charge is 0.349 e. The lowest BCUT2D eigenvalue weighted by molar-refractivity contribution is -0.117. The second-order valence-corrected chi connectivity index (χ2v) is 7.11. The van der Waals surface area contributed by atoms with Crippen molar-refractivity contribution in [1.29, 1.82) is 0 Å². The Balaban J connectivity index is 0.00000225. The van der Waals surface area contributed by atoms with Crippen LogP contribution in [0.3, 0.4) is 0 Å². The average molecular weight is 366 g/mol. The first kappa shape index (κ1) is 19.7. The van der Waals surface area contributed by atoms with Gasteiger partial charge in [0.2, 0.25) is 5.91 Å². The Labute approximate surface area is 155 Å². The first-order chi connectivity index (χ1) is 11.6. The predicted molar refractivity (Wildman–Crippen MR) is 102 cm³/mol. The van der Waals surface area contributed by atoms with Crippen LogP contribution in [0.2, 0.25) is 0 Å². The molecule has 1 aromatic carbocycles. The molecule has 1 aromatic rings. The van der Waals surface area contributed by atoms with Gasteiger partial charge in [-0.05, 0) is 62.7 Å². The van der Waals surface area contributed by atoms with Gasteiger partial charge < -0.3 is 16.0 Å². The molecule has 2 fully saturated rings. The van der Waals surface area contributed by atoms with Gasteiger partial charge in [0, 0.05) is 12.5 Å². The maximum Gasteiger partial charge on any atom is 0.253 e. The van der Waals surface area contributed by atoms with E-state index in [1.54, 1.807) is 12.1 Å². The van der Waals surface area contributed by atoms with Crippen molar-refractivity contribution in [2.24, 2.45) is 11.8 Å². The van der Waals surface area contributed by atoms with E-state index in [0.29, 0.717) is 35.5 Å². The summed E-state index contributed by atoms with van der Waals surface area (Å²) in [7, 11) is 0. The van der Waals surface area contributed by atoms with Crippen LogP contribution >= 0.6 is 12.4 Å². The topological polar surface area (TPSA) is 70.2 Å². The van der Waals surface area contributed by atoms with Crippen molar-refractivity contribution in [2.75, 3.05) is 18.4 Å². The van der Waals surface area contributed by atoms with Crippen LogP contribution in [0.15, 0.2) is 24.3 Å². The molecule has 1 aliphatic carbocycles. The number of hydrogen-bond acceptors (Lipinski definition) is 3. The van der Waals surface area contributed by atoms with Crippen molar-refractivity contribution in [2.45, 2.75) is 45.1 Å². The maximum atomic E-state index is 12.4. The molecule has 0 bridgehead atoms. The van der Waals surface area contributed by atoms with Crippen molar-refractivity contribution < 1.29 is 9.59 Å². The molecule has 2 aliphatic rings. The zero-order chi connectivity index (χ0) is 16.9. The highest BCUT2D eigenvalue weighted by molar-refractivity contribution is 6.03. The molecule has 3 N–H and O–H groups in total. The van der Waals surface area contributed by atoms with E-state index in [0.717, 1.165) is 38.8 Å². The van der Waals surface area contributed by atoms with E-state index in [4.69, 9.17) is 0 Å². The number of benzene rings is 1. The zero-order valence-corrected chi connectivity index (χ0v) is 15.5. The van der Waals surface area contributed by atoms with Crippen LogP contribution in [0.25, 0.3) is 0 Å². The first-order valence-electron chi connectivity index (χ1n) is 9.04. The summed E-state index contributed by atoms with van der Waals surface area (Å²) in [6, 6.07) is 7.55. The molecule has 0 aromatic heterocycles. The molecule has 1 unspecified atom stereocenters. The molecule has 5 nitrogen and oxygen atoms in total. The van der Waals surface area contributed by atoms with Crippen LogP contribution in [0.1, 0.15) is 49.4 Å². The molecular weight excluding hydrogens is 338 g/mol. The van der Waals surface area contributed by atoms with Gasteiger partial charge in [-0.25, -0.2) is 0 Å². The SMILES string of the molecule is CC(CC(=O)Nc1ccccc1C(=O)NC1CC1)C1CCNCC1.Cl. The minimum Gasteiger partial charge on any atom is -0.349 e. The Hall–Kier alpha value is -1.59. The van der Waals surface area contributed by atoms with Crippen LogP contribution in [0.5, 0.6) is 0 Å². The van der Waals surface area contributed by atoms with E-state index < -0.39 is 0 Å². The number of hydrogen-bond donors (Lipinski definition) is 3. The highest BCUT2D eigenvalue weighted by Gasteiger charge is 2.26. The van der Waals surface area contributed by atoms with Gasteiger partial charge in [0.25, 0.3) is 5.91 Å². The molecular formula is C19H28ClN3O2. The summed E-state index contributed by atoms with van der Waals surface area (Å²) in [5.74, 6) is 0.859. The van der Waals surface area contributed by atoms with E-state index in [9.17, 15) is 9.59 Å². The summed E-state index contributed by atoms with van der Waals surface area (Å²) in [5, 5.41) is 9.28. The zero-order valence-electron chi connectivity index (χ0n) is 14.7. The molecule has 1 atom stereocenters.